The third kappa shape index (κ3) is 5.65. The van der Waals surface area contributed by atoms with Gasteiger partial charge in [-0.3, -0.25) is 9.59 Å². The highest BCUT2D eigenvalue weighted by Crippen LogP contribution is 2.26. The molecule has 0 radical (unpaired) electrons. The maximum atomic E-state index is 13.0. The number of hydrogen-bond acceptors (Lipinski definition) is 7. The van der Waals surface area contributed by atoms with Gasteiger partial charge in [0, 0.05) is 54.1 Å². The number of hydrogen-bond donors (Lipinski definition) is 3. The first-order chi connectivity index (χ1) is 19.5. The third-order valence-electron chi connectivity index (χ3n) is 7.67. The van der Waals surface area contributed by atoms with Crippen molar-refractivity contribution in [1.29, 1.82) is 0 Å². The lowest BCUT2D eigenvalue weighted by atomic mass is 10.1. The van der Waals surface area contributed by atoms with Crippen molar-refractivity contribution in [3.8, 4) is 11.3 Å². The zero-order valence-electron chi connectivity index (χ0n) is 22.6. The highest BCUT2D eigenvalue weighted by molar-refractivity contribution is 5.96. The minimum atomic E-state index is -0.0348. The molecule has 2 aliphatic rings. The minimum absolute atomic E-state index is 0.0348. The molecule has 1 saturated heterocycles. The number of rotatable bonds is 6. The Kier molecular flexibility index (Phi) is 7.37. The zero-order valence-corrected chi connectivity index (χ0v) is 22.6. The smallest absolute Gasteiger partial charge is 0.253 e. The summed E-state index contributed by atoms with van der Waals surface area (Å²) in [5.41, 5.74) is 5.13. The molecule has 204 valence electrons. The molecule has 0 unspecified atom stereocenters. The molecular weight excluding hydrogens is 502 g/mol. The SMILES string of the molecule is C[C@H]1CN(C(=O)c2ccc(-c3ccc4ncnc(Nc5ccc(C(=O)NC6CCCC6)cc5)c4n3)cc2)CCN1. The Morgan fingerprint density at radius 3 is 2.42 bits per heavy atom. The quantitative estimate of drug-likeness (QED) is 0.332. The van der Waals surface area contributed by atoms with E-state index < -0.39 is 0 Å². The van der Waals surface area contributed by atoms with E-state index in [0.29, 0.717) is 47.1 Å². The Hall–Kier alpha value is -4.37. The molecule has 2 aromatic heterocycles. The molecule has 40 heavy (non-hydrogen) atoms. The zero-order chi connectivity index (χ0) is 27.5. The summed E-state index contributed by atoms with van der Waals surface area (Å²) in [5, 5.41) is 9.82. The topological polar surface area (TPSA) is 112 Å². The van der Waals surface area contributed by atoms with Gasteiger partial charge in [-0.1, -0.05) is 25.0 Å². The molecule has 0 bridgehead atoms. The Labute approximate surface area is 233 Å². The van der Waals surface area contributed by atoms with E-state index in [-0.39, 0.29) is 17.9 Å². The lowest BCUT2D eigenvalue weighted by Crippen LogP contribution is -2.51. The number of carbonyl (C=O) groups is 2. The molecule has 3 heterocycles. The molecule has 2 aromatic carbocycles. The molecule has 6 rings (SSSR count). The average molecular weight is 536 g/mol. The van der Waals surface area contributed by atoms with E-state index in [1.807, 2.05) is 65.6 Å². The van der Waals surface area contributed by atoms with Gasteiger partial charge in [-0.15, -0.1) is 0 Å². The average Bonchev–Trinajstić information content (AvgIpc) is 3.50. The number of pyridine rings is 1. The number of nitrogens with zero attached hydrogens (tertiary/aromatic N) is 4. The minimum Gasteiger partial charge on any atom is -0.349 e. The number of aromatic nitrogens is 3. The number of carbonyl (C=O) groups excluding carboxylic acids is 2. The number of piperazine rings is 1. The fourth-order valence-electron chi connectivity index (χ4n) is 5.46. The molecule has 1 aliphatic heterocycles. The van der Waals surface area contributed by atoms with Crippen molar-refractivity contribution >= 4 is 34.4 Å². The van der Waals surface area contributed by atoms with Crippen molar-refractivity contribution < 1.29 is 9.59 Å². The lowest BCUT2D eigenvalue weighted by molar-refractivity contribution is 0.0709. The van der Waals surface area contributed by atoms with Gasteiger partial charge in [0.2, 0.25) is 0 Å². The summed E-state index contributed by atoms with van der Waals surface area (Å²) in [4.78, 5) is 41.1. The van der Waals surface area contributed by atoms with Crippen molar-refractivity contribution in [2.24, 2.45) is 0 Å². The Balaban J connectivity index is 1.18. The molecule has 1 aliphatic carbocycles. The van der Waals surface area contributed by atoms with Crippen molar-refractivity contribution in [1.82, 2.24) is 30.5 Å². The van der Waals surface area contributed by atoms with E-state index in [1.165, 1.54) is 19.2 Å². The highest BCUT2D eigenvalue weighted by atomic mass is 16.2. The van der Waals surface area contributed by atoms with Crippen LogP contribution in [0.5, 0.6) is 0 Å². The van der Waals surface area contributed by atoms with Gasteiger partial charge in [-0.2, -0.15) is 0 Å². The van der Waals surface area contributed by atoms with Crippen LogP contribution in [0.2, 0.25) is 0 Å². The molecule has 1 saturated carbocycles. The first-order valence-corrected chi connectivity index (χ1v) is 14.0. The molecule has 4 aromatic rings. The van der Waals surface area contributed by atoms with E-state index in [1.54, 1.807) is 0 Å². The molecule has 2 fully saturated rings. The van der Waals surface area contributed by atoms with Gasteiger partial charge >= 0.3 is 0 Å². The Morgan fingerprint density at radius 2 is 1.68 bits per heavy atom. The molecular formula is C31H33N7O2. The van der Waals surface area contributed by atoms with Crippen molar-refractivity contribution in [2.75, 3.05) is 25.0 Å². The number of amides is 2. The first kappa shape index (κ1) is 25.9. The van der Waals surface area contributed by atoms with Crippen molar-refractivity contribution in [3.63, 3.8) is 0 Å². The van der Waals surface area contributed by atoms with Crippen LogP contribution in [0.1, 0.15) is 53.3 Å². The van der Waals surface area contributed by atoms with Gasteiger partial charge in [-0.25, -0.2) is 15.0 Å². The summed E-state index contributed by atoms with van der Waals surface area (Å²) in [5.74, 6) is 0.593. The lowest BCUT2D eigenvalue weighted by Gasteiger charge is -2.32. The molecule has 3 N–H and O–H groups in total. The van der Waals surface area contributed by atoms with Crippen molar-refractivity contribution in [3.05, 3.63) is 78.1 Å². The maximum absolute atomic E-state index is 13.0. The van der Waals surface area contributed by atoms with Crippen LogP contribution in [0.25, 0.3) is 22.3 Å². The maximum Gasteiger partial charge on any atom is 0.253 e. The highest BCUT2D eigenvalue weighted by Gasteiger charge is 2.22. The van der Waals surface area contributed by atoms with Gasteiger partial charge in [0.25, 0.3) is 11.8 Å². The second kappa shape index (κ2) is 11.4. The van der Waals surface area contributed by atoms with E-state index in [9.17, 15) is 9.59 Å². The summed E-state index contributed by atoms with van der Waals surface area (Å²) in [6.45, 7) is 4.32. The second-order valence-corrected chi connectivity index (χ2v) is 10.6. The van der Waals surface area contributed by atoms with Crippen molar-refractivity contribution in [2.45, 2.75) is 44.7 Å². The number of anilines is 2. The predicted octanol–water partition coefficient (Wildman–Crippen LogP) is 4.54. The van der Waals surface area contributed by atoms with Crippen LogP contribution in [-0.4, -0.2) is 63.4 Å². The van der Waals surface area contributed by atoms with Crippen LogP contribution in [-0.2, 0) is 0 Å². The number of nitrogens with one attached hydrogen (secondary N) is 3. The van der Waals surface area contributed by atoms with Gasteiger partial charge in [0.1, 0.15) is 11.8 Å². The largest absolute Gasteiger partial charge is 0.349 e. The van der Waals surface area contributed by atoms with Crippen LogP contribution in [0.3, 0.4) is 0 Å². The van der Waals surface area contributed by atoms with Crippen LogP contribution in [0.15, 0.2) is 67.0 Å². The summed E-state index contributed by atoms with van der Waals surface area (Å²) in [6.07, 6.45) is 5.97. The molecule has 0 spiro atoms. The third-order valence-corrected chi connectivity index (χ3v) is 7.67. The van der Waals surface area contributed by atoms with Crippen LogP contribution >= 0.6 is 0 Å². The normalized spacial score (nSPS) is 17.6. The van der Waals surface area contributed by atoms with Crippen LogP contribution in [0, 0.1) is 0 Å². The monoisotopic (exact) mass is 535 g/mol. The molecule has 9 heteroatoms. The first-order valence-electron chi connectivity index (χ1n) is 14.0. The van der Waals surface area contributed by atoms with E-state index >= 15 is 0 Å². The predicted molar refractivity (Wildman–Crippen MR) is 156 cm³/mol. The number of benzene rings is 2. The van der Waals surface area contributed by atoms with Crippen LogP contribution < -0.4 is 16.0 Å². The second-order valence-electron chi connectivity index (χ2n) is 10.6. The Morgan fingerprint density at radius 1 is 0.925 bits per heavy atom. The fourth-order valence-corrected chi connectivity index (χ4v) is 5.46. The summed E-state index contributed by atoms with van der Waals surface area (Å²) in [7, 11) is 0. The summed E-state index contributed by atoms with van der Waals surface area (Å²) < 4.78 is 0. The molecule has 1 atom stereocenters. The van der Waals surface area contributed by atoms with Crippen LogP contribution in [0.4, 0.5) is 11.5 Å². The fraction of sp³-hybridized carbons (Fsp3) is 0.323. The van der Waals surface area contributed by atoms with E-state index in [0.717, 1.165) is 36.3 Å². The van der Waals surface area contributed by atoms with E-state index in [4.69, 9.17) is 4.98 Å². The molecule has 9 nitrogen and oxygen atoms in total. The van der Waals surface area contributed by atoms with E-state index in [2.05, 4.69) is 32.8 Å². The number of fused-ring (bicyclic) bond motifs is 1. The standard InChI is InChI=1S/C31H33N7O2/c1-20-18-38(17-16-32-20)31(40)23-8-6-21(7-9-23)26-14-15-27-28(37-26)29(34-19-33-27)35-25-12-10-22(11-13-25)30(39)36-24-4-2-3-5-24/h6-15,19-20,24,32H,2-5,16-18H2,1H3,(H,36,39)(H,33,34,35)/t20-/m0/s1. The summed E-state index contributed by atoms with van der Waals surface area (Å²) >= 11 is 0. The molecule has 2 amide bonds. The van der Waals surface area contributed by atoms with Gasteiger partial charge in [0.15, 0.2) is 5.82 Å². The van der Waals surface area contributed by atoms with Gasteiger partial charge in [0.05, 0.1) is 11.2 Å². The van der Waals surface area contributed by atoms with Gasteiger partial charge in [-0.05, 0) is 68.3 Å². The summed E-state index contributed by atoms with van der Waals surface area (Å²) in [6, 6.07) is 19.4. The van der Waals surface area contributed by atoms with Gasteiger partial charge < -0.3 is 20.9 Å². The Bertz CT molecular complexity index is 1520.